The van der Waals surface area contributed by atoms with E-state index in [0.717, 1.165) is 35.3 Å². The van der Waals surface area contributed by atoms with Crippen LogP contribution in [0.2, 0.25) is 0 Å². The number of hydrogen-bond donors (Lipinski definition) is 2. The van der Waals surface area contributed by atoms with Crippen LogP contribution in [0.25, 0.3) is 11.3 Å². The van der Waals surface area contributed by atoms with Crippen molar-refractivity contribution < 1.29 is 9.59 Å². The average Bonchev–Trinajstić information content (AvgIpc) is 3.11. The second-order valence-electron chi connectivity index (χ2n) is 5.70. The highest BCUT2D eigenvalue weighted by atomic mass is 32.1. The Hall–Kier alpha value is -2.21. The smallest absolute Gasteiger partial charge is 0.231 e. The van der Waals surface area contributed by atoms with Crippen molar-refractivity contribution in [3.8, 4) is 11.3 Å². The predicted octanol–water partition coefficient (Wildman–Crippen LogP) is 3.99. The molecule has 5 nitrogen and oxygen atoms in total. The van der Waals surface area contributed by atoms with Gasteiger partial charge >= 0.3 is 0 Å². The molecule has 0 saturated heterocycles. The first-order valence-corrected chi connectivity index (χ1v) is 8.67. The van der Waals surface area contributed by atoms with Crippen molar-refractivity contribution in [2.24, 2.45) is 0 Å². The molecule has 1 atom stereocenters. The summed E-state index contributed by atoms with van der Waals surface area (Å²) in [5, 5.41) is 8.24. The van der Waals surface area contributed by atoms with E-state index in [2.05, 4.69) is 22.5 Å². The van der Waals surface area contributed by atoms with Gasteiger partial charge < -0.3 is 10.6 Å². The van der Waals surface area contributed by atoms with Gasteiger partial charge in [0.15, 0.2) is 5.13 Å². The first kappa shape index (κ1) is 15.7. The number of nitrogens with zero attached hydrogens (tertiary/aromatic N) is 1. The third kappa shape index (κ3) is 3.27. The van der Waals surface area contributed by atoms with Gasteiger partial charge in [-0.2, -0.15) is 0 Å². The van der Waals surface area contributed by atoms with Gasteiger partial charge in [0.05, 0.1) is 11.6 Å². The van der Waals surface area contributed by atoms with Crippen LogP contribution in [0.5, 0.6) is 0 Å². The Labute approximate surface area is 139 Å². The maximum atomic E-state index is 11.8. The summed E-state index contributed by atoms with van der Waals surface area (Å²) in [6.07, 6.45) is 2.40. The standard InChI is InChI=1S/C17H19N3O2S/c1-3-4-5-15(21)20-17-19-14(9-23-17)11-6-7-13-12(8-11)10(2)16(22)18-13/h6-10H,3-5H2,1-2H3,(H,18,22)(H,19,20,21)/t10-/m1/s1. The summed E-state index contributed by atoms with van der Waals surface area (Å²) in [7, 11) is 0. The first-order chi connectivity index (χ1) is 11.1. The van der Waals surface area contributed by atoms with Gasteiger partial charge in [-0.25, -0.2) is 4.98 Å². The normalized spacial score (nSPS) is 16.1. The highest BCUT2D eigenvalue weighted by molar-refractivity contribution is 7.14. The molecule has 0 unspecified atom stereocenters. The number of nitrogens with one attached hydrogen (secondary N) is 2. The van der Waals surface area contributed by atoms with Crippen LogP contribution in [0.15, 0.2) is 23.6 Å². The number of benzene rings is 1. The number of unbranched alkanes of at least 4 members (excludes halogenated alkanes) is 1. The van der Waals surface area contributed by atoms with E-state index in [4.69, 9.17) is 0 Å². The molecule has 0 saturated carbocycles. The molecule has 1 aliphatic rings. The number of rotatable bonds is 5. The van der Waals surface area contributed by atoms with E-state index >= 15 is 0 Å². The van der Waals surface area contributed by atoms with Crippen LogP contribution < -0.4 is 10.6 Å². The SMILES string of the molecule is CCCCC(=O)Nc1nc(-c2ccc3c(c2)[C@@H](C)C(=O)N3)cs1. The number of aromatic nitrogens is 1. The lowest BCUT2D eigenvalue weighted by Crippen LogP contribution is -2.10. The van der Waals surface area contributed by atoms with E-state index < -0.39 is 0 Å². The lowest BCUT2D eigenvalue weighted by molar-refractivity contribution is -0.117. The zero-order chi connectivity index (χ0) is 16.4. The van der Waals surface area contributed by atoms with Gasteiger partial charge in [-0.05, 0) is 31.0 Å². The van der Waals surface area contributed by atoms with E-state index in [1.165, 1.54) is 11.3 Å². The Morgan fingerprint density at radius 1 is 1.43 bits per heavy atom. The van der Waals surface area contributed by atoms with Crippen LogP contribution in [0.3, 0.4) is 0 Å². The Morgan fingerprint density at radius 3 is 3.04 bits per heavy atom. The van der Waals surface area contributed by atoms with Crippen LogP contribution in [0, 0.1) is 0 Å². The summed E-state index contributed by atoms with van der Waals surface area (Å²) in [4.78, 5) is 28.0. The second-order valence-corrected chi connectivity index (χ2v) is 6.56. The van der Waals surface area contributed by atoms with Gasteiger partial charge in [0.2, 0.25) is 11.8 Å². The van der Waals surface area contributed by atoms with Gasteiger partial charge in [-0.1, -0.05) is 19.4 Å². The van der Waals surface area contributed by atoms with Crippen molar-refractivity contribution >= 4 is 34.0 Å². The molecule has 0 radical (unpaired) electrons. The summed E-state index contributed by atoms with van der Waals surface area (Å²) >= 11 is 1.42. The van der Waals surface area contributed by atoms with E-state index in [1.54, 1.807) is 0 Å². The molecule has 3 rings (SSSR count). The number of carbonyl (C=O) groups excluding carboxylic acids is 2. The summed E-state index contributed by atoms with van der Waals surface area (Å²) in [6, 6.07) is 5.84. The van der Waals surface area contributed by atoms with Crippen molar-refractivity contribution in [1.29, 1.82) is 0 Å². The molecule has 23 heavy (non-hydrogen) atoms. The minimum absolute atomic E-state index is 0.00474. The molecule has 1 aromatic heterocycles. The Morgan fingerprint density at radius 2 is 2.26 bits per heavy atom. The highest BCUT2D eigenvalue weighted by Crippen LogP contribution is 2.36. The summed E-state index contributed by atoms with van der Waals surface area (Å²) in [6.45, 7) is 3.95. The van der Waals surface area contributed by atoms with E-state index in [9.17, 15) is 9.59 Å². The molecular formula is C17H19N3O2S. The number of anilines is 2. The molecule has 1 aromatic carbocycles. The number of hydrogen-bond acceptors (Lipinski definition) is 4. The van der Waals surface area contributed by atoms with Crippen LogP contribution >= 0.6 is 11.3 Å². The van der Waals surface area contributed by atoms with Gasteiger partial charge in [0, 0.05) is 23.1 Å². The first-order valence-electron chi connectivity index (χ1n) is 7.79. The van der Waals surface area contributed by atoms with Crippen LogP contribution in [0.1, 0.15) is 44.6 Å². The van der Waals surface area contributed by atoms with E-state index in [-0.39, 0.29) is 17.7 Å². The van der Waals surface area contributed by atoms with Crippen LogP contribution in [0.4, 0.5) is 10.8 Å². The number of thiazole rings is 1. The van der Waals surface area contributed by atoms with Crippen molar-refractivity contribution in [2.75, 3.05) is 10.6 Å². The monoisotopic (exact) mass is 329 g/mol. The zero-order valence-corrected chi connectivity index (χ0v) is 14.0. The minimum Gasteiger partial charge on any atom is -0.325 e. The lowest BCUT2D eigenvalue weighted by atomic mass is 10.00. The molecule has 0 aliphatic carbocycles. The number of fused-ring (bicyclic) bond motifs is 1. The van der Waals surface area contributed by atoms with E-state index in [1.807, 2.05) is 30.5 Å². The Bertz CT molecular complexity index is 754. The maximum Gasteiger partial charge on any atom is 0.231 e. The summed E-state index contributed by atoms with van der Waals surface area (Å²) < 4.78 is 0. The number of amides is 2. The van der Waals surface area contributed by atoms with E-state index in [0.29, 0.717) is 11.6 Å². The molecule has 0 spiro atoms. The van der Waals surface area contributed by atoms with Crippen LogP contribution in [-0.4, -0.2) is 16.8 Å². The average molecular weight is 329 g/mol. The third-order valence-corrected chi connectivity index (χ3v) is 4.73. The fourth-order valence-corrected chi connectivity index (χ4v) is 3.30. The largest absolute Gasteiger partial charge is 0.325 e. The molecule has 0 bridgehead atoms. The maximum absolute atomic E-state index is 11.8. The molecule has 0 fully saturated rings. The van der Waals surface area contributed by atoms with Crippen molar-refractivity contribution in [2.45, 2.75) is 39.0 Å². The topological polar surface area (TPSA) is 71.1 Å². The molecule has 1 aliphatic heterocycles. The fraction of sp³-hybridized carbons (Fsp3) is 0.353. The fourth-order valence-electron chi connectivity index (χ4n) is 2.56. The van der Waals surface area contributed by atoms with Crippen LogP contribution in [-0.2, 0) is 9.59 Å². The van der Waals surface area contributed by atoms with Crippen molar-refractivity contribution in [3.05, 3.63) is 29.1 Å². The minimum atomic E-state index is -0.142. The van der Waals surface area contributed by atoms with Gasteiger partial charge in [0.1, 0.15) is 0 Å². The predicted molar refractivity (Wildman–Crippen MR) is 92.7 cm³/mol. The summed E-state index contributed by atoms with van der Waals surface area (Å²) in [5.74, 6) is -0.110. The third-order valence-electron chi connectivity index (χ3n) is 3.97. The van der Waals surface area contributed by atoms with Crippen molar-refractivity contribution in [3.63, 3.8) is 0 Å². The van der Waals surface area contributed by atoms with Gasteiger partial charge in [-0.15, -0.1) is 11.3 Å². The molecule has 6 heteroatoms. The Balaban J connectivity index is 1.76. The Kier molecular flexibility index (Phi) is 4.43. The molecule has 2 aromatic rings. The molecule has 2 amide bonds. The van der Waals surface area contributed by atoms with Gasteiger partial charge in [0.25, 0.3) is 0 Å². The van der Waals surface area contributed by atoms with Gasteiger partial charge in [-0.3, -0.25) is 9.59 Å². The molecule has 2 N–H and O–H groups in total. The lowest BCUT2D eigenvalue weighted by Gasteiger charge is -2.04. The zero-order valence-electron chi connectivity index (χ0n) is 13.2. The molecule has 120 valence electrons. The summed E-state index contributed by atoms with van der Waals surface area (Å²) in [5.41, 5.74) is 3.64. The highest BCUT2D eigenvalue weighted by Gasteiger charge is 2.26. The quantitative estimate of drug-likeness (QED) is 0.871. The second kappa shape index (κ2) is 6.50. The number of carbonyl (C=O) groups is 2. The molecule has 2 heterocycles. The van der Waals surface area contributed by atoms with Crippen molar-refractivity contribution in [1.82, 2.24) is 4.98 Å². The molecular weight excluding hydrogens is 310 g/mol.